The van der Waals surface area contributed by atoms with E-state index in [1.807, 2.05) is 13.8 Å². The summed E-state index contributed by atoms with van der Waals surface area (Å²) in [5, 5.41) is 9.01. The van der Waals surface area contributed by atoms with Gasteiger partial charge in [-0.2, -0.15) is 0 Å². The first kappa shape index (κ1) is 10.7. The molecule has 1 N–H and O–H groups in total. The molecule has 14 heavy (non-hydrogen) atoms. The van der Waals surface area contributed by atoms with Crippen LogP contribution in [0.5, 0.6) is 0 Å². The molecule has 0 unspecified atom stereocenters. The smallest absolute Gasteiger partial charge is 0.338 e. The standard InChI is InChI=1S/C11H14O3/c1-7-8(2)10(11(13)14-3)5-4-9(7)6-12/h4-5,12H,6H2,1-3H3. The highest BCUT2D eigenvalue weighted by atomic mass is 16.5. The Hall–Kier alpha value is -1.35. The van der Waals surface area contributed by atoms with Gasteiger partial charge in [0.05, 0.1) is 19.3 Å². The fraction of sp³-hybridized carbons (Fsp3) is 0.364. The highest BCUT2D eigenvalue weighted by Gasteiger charge is 2.12. The quantitative estimate of drug-likeness (QED) is 0.727. The number of hydrogen-bond donors (Lipinski definition) is 1. The monoisotopic (exact) mass is 194 g/mol. The second-order valence-corrected chi connectivity index (χ2v) is 3.17. The average Bonchev–Trinajstić information content (AvgIpc) is 2.21. The number of benzene rings is 1. The summed E-state index contributed by atoms with van der Waals surface area (Å²) in [6, 6.07) is 3.42. The third-order valence-corrected chi connectivity index (χ3v) is 2.48. The largest absolute Gasteiger partial charge is 0.465 e. The van der Waals surface area contributed by atoms with Crippen molar-refractivity contribution in [1.29, 1.82) is 0 Å². The number of methoxy groups -OCH3 is 1. The molecule has 0 atom stereocenters. The molecule has 0 heterocycles. The number of aliphatic hydroxyl groups excluding tert-OH is 1. The van der Waals surface area contributed by atoms with Crippen LogP contribution in [0.4, 0.5) is 0 Å². The van der Waals surface area contributed by atoms with Crippen molar-refractivity contribution in [2.45, 2.75) is 20.5 Å². The Balaban J connectivity index is 3.24. The Bertz CT molecular complexity index is 356. The van der Waals surface area contributed by atoms with Gasteiger partial charge in [0, 0.05) is 0 Å². The van der Waals surface area contributed by atoms with Gasteiger partial charge in [0.2, 0.25) is 0 Å². The van der Waals surface area contributed by atoms with Gasteiger partial charge in [-0.15, -0.1) is 0 Å². The zero-order chi connectivity index (χ0) is 10.7. The molecule has 3 nitrogen and oxygen atoms in total. The molecule has 3 heteroatoms. The lowest BCUT2D eigenvalue weighted by molar-refractivity contribution is 0.0599. The molecule has 0 aromatic heterocycles. The molecule has 0 radical (unpaired) electrons. The van der Waals surface area contributed by atoms with Crippen molar-refractivity contribution in [1.82, 2.24) is 0 Å². The average molecular weight is 194 g/mol. The molecule has 1 aromatic rings. The summed E-state index contributed by atoms with van der Waals surface area (Å²) in [6.07, 6.45) is 0. The predicted octanol–water partition coefficient (Wildman–Crippen LogP) is 1.58. The van der Waals surface area contributed by atoms with Crippen molar-refractivity contribution < 1.29 is 14.6 Å². The summed E-state index contributed by atoms with van der Waals surface area (Å²) in [6.45, 7) is 3.72. The number of esters is 1. The van der Waals surface area contributed by atoms with E-state index in [1.54, 1.807) is 12.1 Å². The van der Waals surface area contributed by atoms with E-state index in [-0.39, 0.29) is 12.6 Å². The Morgan fingerprint density at radius 1 is 1.36 bits per heavy atom. The van der Waals surface area contributed by atoms with Crippen LogP contribution in [0.3, 0.4) is 0 Å². The minimum atomic E-state index is -0.338. The van der Waals surface area contributed by atoms with Crippen LogP contribution in [0.2, 0.25) is 0 Å². The zero-order valence-corrected chi connectivity index (χ0v) is 8.63. The minimum Gasteiger partial charge on any atom is -0.465 e. The summed E-state index contributed by atoms with van der Waals surface area (Å²) >= 11 is 0. The van der Waals surface area contributed by atoms with Gasteiger partial charge in [0.1, 0.15) is 0 Å². The first-order valence-electron chi connectivity index (χ1n) is 4.40. The van der Waals surface area contributed by atoms with E-state index in [1.165, 1.54) is 7.11 Å². The lowest BCUT2D eigenvalue weighted by atomic mass is 9.98. The third-order valence-electron chi connectivity index (χ3n) is 2.48. The lowest BCUT2D eigenvalue weighted by Crippen LogP contribution is -2.06. The summed E-state index contributed by atoms with van der Waals surface area (Å²) in [4.78, 5) is 11.3. The van der Waals surface area contributed by atoms with Gasteiger partial charge in [-0.3, -0.25) is 0 Å². The Labute approximate surface area is 83.3 Å². The molecule has 0 fully saturated rings. The first-order valence-corrected chi connectivity index (χ1v) is 4.40. The topological polar surface area (TPSA) is 46.5 Å². The molecule has 1 rings (SSSR count). The maximum Gasteiger partial charge on any atom is 0.338 e. The molecule has 76 valence electrons. The molecule has 0 saturated heterocycles. The van der Waals surface area contributed by atoms with E-state index in [0.29, 0.717) is 5.56 Å². The van der Waals surface area contributed by atoms with Crippen LogP contribution < -0.4 is 0 Å². The van der Waals surface area contributed by atoms with E-state index >= 15 is 0 Å². The summed E-state index contributed by atoms with van der Waals surface area (Å²) in [5.74, 6) is -0.338. The van der Waals surface area contributed by atoms with E-state index < -0.39 is 0 Å². The highest BCUT2D eigenvalue weighted by molar-refractivity contribution is 5.91. The molecule has 1 aromatic carbocycles. The molecule has 0 aliphatic carbocycles. The first-order chi connectivity index (χ1) is 6.61. The molecular weight excluding hydrogens is 180 g/mol. The number of ether oxygens (including phenoxy) is 1. The van der Waals surface area contributed by atoms with Gasteiger partial charge in [-0.25, -0.2) is 4.79 Å². The summed E-state index contributed by atoms with van der Waals surface area (Å²) in [5.41, 5.74) is 3.20. The maximum atomic E-state index is 11.3. The summed E-state index contributed by atoms with van der Waals surface area (Å²) < 4.78 is 4.64. The van der Waals surface area contributed by atoms with Gasteiger partial charge >= 0.3 is 5.97 Å². The van der Waals surface area contributed by atoms with Crippen molar-refractivity contribution in [3.05, 3.63) is 34.4 Å². The number of carbonyl (C=O) groups excluding carboxylic acids is 1. The lowest BCUT2D eigenvalue weighted by Gasteiger charge is -2.10. The van der Waals surface area contributed by atoms with Gasteiger partial charge in [-0.1, -0.05) is 6.07 Å². The fourth-order valence-electron chi connectivity index (χ4n) is 1.38. The molecule has 0 bridgehead atoms. The second kappa shape index (κ2) is 4.24. The second-order valence-electron chi connectivity index (χ2n) is 3.17. The fourth-order valence-corrected chi connectivity index (χ4v) is 1.38. The Kier molecular flexibility index (Phi) is 3.25. The van der Waals surface area contributed by atoms with Crippen LogP contribution in [-0.2, 0) is 11.3 Å². The van der Waals surface area contributed by atoms with E-state index in [0.717, 1.165) is 16.7 Å². The van der Waals surface area contributed by atoms with Crippen molar-refractivity contribution >= 4 is 5.97 Å². The van der Waals surface area contributed by atoms with Crippen LogP contribution in [0, 0.1) is 13.8 Å². The van der Waals surface area contributed by atoms with Gasteiger partial charge < -0.3 is 9.84 Å². The van der Waals surface area contributed by atoms with Gasteiger partial charge in [0.25, 0.3) is 0 Å². The molecule has 0 saturated carbocycles. The van der Waals surface area contributed by atoms with Gasteiger partial charge in [-0.05, 0) is 36.6 Å². The van der Waals surface area contributed by atoms with Crippen LogP contribution in [0.1, 0.15) is 27.0 Å². The van der Waals surface area contributed by atoms with Crippen LogP contribution in [0.25, 0.3) is 0 Å². The van der Waals surface area contributed by atoms with Gasteiger partial charge in [0.15, 0.2) is 0 Å². The van der Waals surface area contributed by atoms with E-state index in [9.17, 15) is 4.79 Å². The van der Waals surface area contributed by atoms with Crippen molar-refractivity contribution in [2.75, 3.05) is 7.11 Å². The normalized spacial score (nSPS) is 10.0. The number of rotatable bonds is 2. The molecule has 0 aliphatic rings. The SMILES string of the molecule is COC(=O)c1ccc(CO)c(C)c1C. The molecule has 0 amide bonds. The maximum absolute atomic E-state index is 11.3. The van der Waals surface area contributed by atoms with Crippen molar-refractivity contribution in [3.8, 4) is 0 Å². The third kappa shape index (κ3) is 1.77. The van der Waals surface area contributed by atoms with Crippen LogP contribution >= 0.6 is 0 Å². The van der Waals surface area contributed by atoms with Crippen molar-refractivity contribution in [2.24, 2.45) is 0 Å². The van der Waals surface area contributed by atoms with E-state index in [2.05, 4.69) is 4.74 Å². The number of carbonyl (C=O) groups is 1. The molecule has 0 spiro atoms. The van der Waals surface area contributed by atoms with Crippen LogP contribution in [0.15, 0.2) is 12.1 Å². The summed E-state index contributed by atoms with van der Waals surface area (Å²) in [7, 11) is 1.36. The molecule has 0 aliphatic heterocycles. The number of hydrogen-bond acceptors (Lipinski definition) is 3. The number of aliphatic hydroxyl groups is 1. The minimum absolute atomic E-state index is 0.00583. The predicted molar refractivity (Wildman–Crippen MR) is 53.2 cm³/mol. The highest BCUT2D eigenvalue weighted by Crippen LogP contribution is 2.18. The van der Waals surface area contributed by atoms with E-state index in [4.69, 9.17) is 5.11 Å². The van der Waals surface area contributed by atoms with Crippen molar-refractivity contribution in [3.63, 3.8) is 0 Å². The Morgan fingerprint density at radius 3 is 2.50 bits per heavy atom. The molecular formula is C11H14O3. The van der Waals surface area contributed by atoms with Crippen LogP contribution in [-0.4, -0.2) is 18.2 Å². The Morgan fingerprint density at radius 2 is 2.00 bits per heavy atom. The zero-order valence-electron chi connectivity index (χ0n) is 8.63.